The molecule has 0 spiro atoms. The van der Waals surface area contributed by atoms with Crippen molar-refractivity contribution in [2.24, 2.45) is 0 Å². The van der Waals surface area contributed by atoms with Crippen LogP contribution >= 0.6 is 23.4 Å². The van der Waals surface area contributed by atoms with Crippen LogP contribution in [0, 0.1) is 0 Å². The van der Waals surface area contributed by atoms with Crippen molar-refractivity contribution in [3.05, 3.63) is 34.9 Å². The lowest BCUT2D eigenvalue weighted by Crippen LogP contribution is -2.47. The number of morpholine rings is 1. The van der Waals surface area contributed by atoms with E-state index in [2.05, 4.69) is 10.2 Å². The highest BCUT2D eigenvalue weighted by molar-refractivity contribution is 7.99. The van der Waals surface area contributed by atoms with Gasteiger partial charge in [-0.3, -0.25) is 14.5 Å². The van der Waals surface area contributed by atoms with E-state index in [0.29, 0.717) is 28.8 Å². The van der Waals surface area contributed by atoms with Crippen LogP contribution in [0.3, 0.4) is 0 Å². The molecule has 2 saturated heterocycles. The van der Waals surface area contributed by atoms with Gasteiger partial charge in [0.25, 0.3) is 5.91 Å². The quantitative estimate of drug-likeness (QED) is 0.740. The average Bonchev–Trinajstić information content (AvgIpc) is 3.16. The molecule has 1 N–H and O–H groups in total. The largest absolute Gasteiger partial charge is 0.379 e. The van der Waals surface area contributed by atoms with E-state index in [-0.39, 0.29) is 11.8 Å². The Hall–Kier alpha value is -1.28. The fraction of sp³-hybridized carbons (Fsp3) is 0.556. The van der Waals surface area contributed by atoms with Crippen molar-refractivity contribution in [1.82, 2.24) is 15.1 Å². The molecule has 0 saturated carbocycles. The SMILES string of the molecule is O=C(NCCCN1CCOCC1)C1CSCN1C(=O)c1ccc(Cl)cc1. The molecule has 0 aliphatic carbocycles. The van der Waals surface area contributed by atoms with Crippen molar-refractivity contribution < 1.29 is 14.3 Å². The number of hydrogen-bond donors (Lipinski definition) is 1. The molecule has 1 unspecified atom stereocenters. The molecule has 2 fully saturated rings. The molecule has 1 aromatic rings. The Morgan fingerprint density at radius 3 is 2.69 bits per heavy atom. The lowest BCUT2D eigenvalue weighted by Gasteiger charge is -2.27. The summed E-state index contributed by atoms with van der Waals surface area (Å²) in [6.45, 7) is 5.06. The van der Waals surface area contributed by atoms with Crippen LogP contribution in [0.15, 0.2) is 24.3 Å². The van der Waals surface area contributed by atoms with Crippen molar-refractivity contribution in [2.75, 3.05) is 51.0 Å². The van der Waals surface area contributed by atoms with E-state index < -0.39 is 6.04 Å². The van der Waals surface area contributed by atoms with Crippen LogP contribution in [0.25, 0.3) is 0 Å². The second-order valence-corrected chi connectivity index (χ2v) is 7.83. The van der Waals surface area contributed by atoms with Gasteiger partial charge < -0.3 is 15.0 Å². The van der Waals surface area contributed by atoms with E-state index in [1.54, 1.807) is 40.9 Å². The zero-order valence-corrected chi connectivity index (χ0v) is 16.2. The maximum atomic E-state index is 12.7. The van der Waals surface area contributed by atoms with Crippen LogP contribution in [0.5, 0.6) is 0 Å². The van der Waals surface area contributed by atoms with Gasteiger partial charge in [0.05, 0.1) is 19.1 Å². The summed E-state index contributed by atoms with van der Waals surface area (Å²) in [5.74, 6) is 0.974. The minimum atomic E-state index is -0.411. The molecule has 6 nitrogen and oxygen atoms in total. The van der Waals surface area contributed by atoms with Gasteiger partial charge in [0.15, 0.2) is 0 Å². The third-order valence-corrected chi connectivity index (χ3v) is 5.86. The monoisotopic (exact) mass is 397 g/mol. The number of carbonyl (C=O) groups excluding carboxylic acids is 2. The standard InChI is InChI=1S/C18H24ClN3O3S/c19-15-4-2-14(3-5-15)18(24)22-13-26-12-16(22)17(23)20-6-1-7-21-8-10-25-11-9-21/h2-5,16H,1,6-13H2,(H,20,23). The smallest absolute Gasteiger partial charge is 0.255 e. The lowest BCUT2D eigenvalue weighted by molar-refractivity contribution is -0.124. The average molecular weight is 398 g/mol. The van der Waals surface area contributed by atoms with E-state index in [4.69, 9.17) is 16.3 Å². The topological polar surface area (TPSA) is 61.9 Å². The summed E-state index contributed by atoms with van der Waals surface area (Å²) in [6.07, 6.45) is 0.900. The number of nitrogens with zero attached hydrogens (tertiary/aromatic N) is 2. The van der Waals surface area contributed by atoms with Gasteiger partial charge in [0.2, 0.25) is 5.91 Å². The summed E-state index contributed by atoms with van der Waals surface area (Å²) in [6, 6.07) is 6.37. The Kier molecular flexibility index (Phi) is 7.19. The van der Waals surface area contributed by atoms with Crippen LogP contribution in [0.1, 0.15) is 16.8 Å². The summed E-state index contributed by atoms with van der Waals surface area (Å²) in [4.78, 5) is 29.2. The lowest BCUT2D eigenvalue weighted by atomic mass is 10.1. The predicted octanol–water partition coefficient (Wildman–Crippen LogP) is 1.69. The molecule has 2 heterocycles. The van der Waals surface area contributed by atoms with Crippen molar-refractivity contribution >= 4 is 35.2 Å². The Morgan fingerprint density at radius 1 is 1.23 bits per heavy atom. The number of carbonyl (C=O) groups is 2. The second-order valence-electron chi connectivity index (χ2n) is 6.40. The predicted molar refractivity (Wildman–Crippen MR) is 104 cm³/mol. The third kappa shape index (κ3) is 5.13. The molecule has 0 bridgehead atoms. The number of rotatable bonds is 6. The molecule has 0 aromatic heterocycles. The maximum Gasteiger partial charge on any atom is 0.255 e. The Labute approximate surface area is 163 Å². The highest BCUT2D eigenvalue weighted by atomic mass is 35.5. The molecular weight excluding hydrogens is 374 g/mol. The minimum Gasteiger partial charge on any atom is -0.379 e. The summed E-state index contributed by atoms with van der Waals surface area (Å²) >= 11 is 7.48. The molecule has 3 rings (SSSR count). The zero-order chi connectivity index (χ0) is 18.4. The maximum absolute atomic E-state index is 12.7. The van der Waals surface area contributed by atoms with Crippen molar-refractivity contribution in [2.45, 2.75) is 12.5 Å². The van der Waals surface area contributed by atoms with Gasteiger partial charge in [-0.25, -0.2) is 0 Å². The Balaban J connectivity index is 1.46. The van der Waals surface area contributed by atoms with E-state index in [0.717, 1.165) is 39.3 Å². The first-order valence-corrected chi connectivity index (χ1v) is 10.4. The van der Waals surface area contributed by atoms with Crippen LogP contribution < -0.4 is 5.32 Å². The van der Waals surface area contributed by atoms with Gasteiger partial charge in [-0.2, -0.15) is 0 Å². The number of thioether (sulfide) groups is 1. The van der Waals surface area contributed by atoms with Crippen LogP contribution in [0.2, 0.25) is 5.02 Å². The van der Waals surface area contributed by atoms with Crippen LogP contribution in [0.4, 0.5) is 0 Å². The first kappa shape index (κ1) is 19.5. The van der Waals surface area contributed by atoms with E-state index >= 15 is 0 Å². The van der Waals surface area contributed by atoms with E-state index in [1.165, 1.54) is 0 Å². The van der Waals surface area contributed by atoms with Gasteiger partial charge in [-0.1, -0.05) is 11.6 Å². The first-order valence-electron chi connectivity index (χ1n) is 8.87. The molecule has 2 amide bonds. The number of benzene rings is 1. The molecule has 2 aliphatic heterocycles. The van der Waals surface area contributed by atoms with Gasteiger partial charge in [0, 0.05) is 36.0 Å². The van der Waals surface area contributed by atoms with Crippen molar-refractivity contribution in [1.29, 1.82) is 0 Å². The molecule has 142 valence electrons. The highest BCUT2D eigenvalue weighted by Crippen LogP contribution is 2.24. The zero-order valence-electron chi connectivity index (χ0n) is 14.7. The number of amides is 2. The fourth-order valence-corrected chi connectivity index (χ4v) is 4.36. The van der Waals surface area contributed by atoms with Crippen LogP contribution in [-0.4, -0.2) is 78.7 Å². The van der Waals surface area contributed by atoms with Crippen molar-refractivity contribution in [3.8, 4) is 0 Å². The minimum absolute atomic E-state index is 0.0701. The molecule has 1 atom stereocenters. The Morgan fingerprint density at radius 2 is 1.96 bits per heavy atom. The first-order chi connectivity index (χ1) is 12.6. The number of halogens is 1. The summed E-state index contributed by atoms with van der Waals surface area (Å²) in [5.41, 5.74) is 0.557. The second kappa shape index (κ2) is 9.60. The summed E-state index contributed by atoms with van der Waals surface area (Å²) < 4.78 is 5.33. The number of hydrogen-bond acceptors (Lipinski definition) is 5. The normalized spacial score (nSPS) is 21.0. The third-order valence-electron chi connectivity index (χ3n) is 4.59. The highest BCUT2D eigenvalue weighted by Gasteiger charge is 2.34. The Bertz CT molecular complexity index is 623. The van der Waals surface area contributed by atoms with Gasteiger partial charge in [-0.05, 0) is 37.2 Å². The number of nitrogens with one attached hydrogen (secondary N) is 1. The molecule has 2 aliphatic rings. The van der Waals surface area contributed by atoms with E-state index in [1.807, 2.05) is 0 Å². The van der Waals surface area contributed by atoms with E-state index in [9.17, 15) is 9.59 Å². The summed E-state index contributed by atoms with van der Waals surface area (Å²) in [5, 5.41) is 3.57. The fourth-order valence-electron chi connectivity index (χ4n) is 3.08. The number of ether oxygens (including phenoxy) is 1. The molecule has 8 heteroatoms. The van der Waals surface area contributed by atoms with Gasteiger partial charge >= 0.3 is 0 Å². The van der Waals surface area contributed by atoms with Gasteiger partial charge in [0.1, 0.15) is 6.04 Å². The van der Waals surface area contributed by atoms with Gasteiger partial charge in [-0.15, -0.1) is 11.8 Å². The van der Waals surface area contributed by atoms with Crippen LogP contribution in [-0.2, 0) is 9.53 Å². The van der Waals surface area contributed by atoms with Crippen molar-refractivity contribution in [3.63, 3.8) is 0 Å². The molecular formula is C18H24ClN3O3S. The molecule has 26 heavy (non-hydrogen) atoms. The molecule has 0 radical (unpaired) electrons. The molecule has 1 aromatic carbocycles. The summed E-state index contributed by atoms with van der Waals surface area (Å²) in [7, 11) is 0.